The molecule has 0 spiro atoms. The van der Waals surface area contributed by atoms with E-state index in [1.54, 1.807) is 0 Å². The molecule has 2 N–H and O–H groups in total. The van der Waals surface area contributed by atoms with E-state index >= 15 is 0 Å². The van der Waals surface area contributed by atoms with Crippen LogP contribution in [0.5, 0.6) is 0 Å². The standard InChI is InChI=1S/C10H21NO2/c1-10(2,11)8-12-7-9-5-3-4-6-13-9/h9H,3-8,11H2,1-2H3. The molecule has 78 valence electrons. The summed E-state index contributed by atoms with van der Waals surface area (Å²) in [6.45, 7) is 6.12. The molecule has 1 saturated heterocycles. The van der Waals surface area contributed by atoms with Gasteiger partial charge >= 0.3 is 0 Å². The molecular weight excluding hydrogens is 166 g/mol. The zero-order valence-corrected chi connectivity index (χ0v) is 8.71. The summed E-state index contributed by atoms with van der Waals surface area (Å²) in [4.78, 5) is 0. The molecule has 0 aliphatic carbocycles. The highest BCUT2D eigenvalue weighted by Crippen LogP contribution is 2.13. The Kier molecular flexibility index (Phi) is 4.16. The summed E-state index contributed by atoms with van der Waals surface area (Å²) >= 11 is 0. The number of ether oxygens (including phenoxy) is 2. The highest BCUT2D eigenvalue weighted by molar-refractivity contribution is 4.71. The third-order valence-corrected chi connectivity index (χ3v) is 2.05. The molecule has 1 aliphatic heterocycles. The molecule has 1 aliphatic rings. The van der Waals surface area contributed by atoms with Gasteiger partial charge in [0.2, 0.25) is 0 Å². The Labute approximate surface area is 80.6 Å². The number of nitrogens with two attached hydrogens (primary N) is 1. The monoisotopic (exact) mass is 187 g/mol. The van der Waals surface area contributed by atoms with Crippen LogP contribution in [0.1, 0.15) is 33.1 Å². The van der Waals surface area contributed by atoms with Gasteiger partial charge in [-0.3, -0.25) is 0 Å². The molecule has 0 aromatic carbocycles. The van der Waals surface area contributed by atoms with Crippen molar-refractivity contribution in [2.75, 3.05) is 19.8 Å². The van der Waals surface area contributed by atoms with E-state index in [-0.39, 0.29) is 5.54 Å². The van der Waals surface area contributed by atoms with Gasteiger partial charge in [0.05, 0.1) is 19.3 Å². The zero-order valence-electron chi connectivity index (χ0n) is 8.71. The lowest BCUT2D eigenvalue weighted by Crippen LogP contribution is -2.38. The van der Waals surface area contributed by atoms with Gasteiger partial charge in [-0.05, 0) is 33.1 Å². The summed E-state index contributed by atoms with van der Waals surface area (Å²) in [5.41, 5.74) is 5.56. The van der Waals surface area contributed by atoms with Crippen LogP contribution in [0.25, 0.3) is 0 Å². The largest absolute Gasteiger partial charge is 0.377 e. The second kappa shape index (κ2) is 4.94. The third kappa shape index (κ3) is 5.24. The molecule has 0 aromatic heterocycles. The van der Waals surface area contributed by atoms with Gasteiger partial charge in [-0.1, -0.05) is 0 Å². The highest BCUT2D eigenvalue weighted by atomic mass is 16.5. The van der Waals surface area contributed by atoms with Crippen LogP contribution in [0.15, 0.2) is 0 Å². The molecule has 1 rings (SSSR count). The van der Waals surface area contributed by atoms with Crippen molar-refractivity contribution in [1.29, 1.82) is 0 Å². The van der Waals surface area contributed by atoms with E-state index in [1.165, 1.54) is 12.8 Å². The van der Waals surface area contributed by atoms with E-state index < -0.39 is 0 Å². The summed E-state index contributed by atoms with van der Waals surface area (Å²) in [6.07, 6.45) is 3.89. The number of hydrogen-bond donors (Lipinski definition) is 1. The summed E-state index contributed by atoms with van der Waals surface area (Å²) in [6, 6.07) is 0. The fraction of sp³-hybridized carbons (Fsp3) is 1.00. The molecule has 0 saturated carbocycles. The fourth-order valence-electron chi connectivity index (χ4n) is 1.39. The first-order valence-corrected chi connectivity index (χ1v) is 5.06. The lowest BCUT2D eigenvalue weighted by atomic mass is 10.1. The van der Waals surface area contributed by atoms with Gasteiger partial charge in [0.1, 0.15) is 0 Å². The zero-order chi connectivity index (χ0) is 9.73. The predicted molar refractivity (Wildman–Crippen MR) is 52.7 cm³/mol. The van der Waals surface area contributed by atoms with Crippen molar-refractivity contribution < 1.29 is 9.47 Å². The predicted octanol–water partition coefficient (Wildman–Crippen LogP) is 1.31. The van der Waals surface area contributed by atoms with Crippen LogP contribution < -0.4 is 5.73 Å². The van der Waals surface area contributed by atoms with Crippen LogP contribution in [0.3, 0.4) is 0 Å². The average Bonchev–Trinajstić information content (AvgIpc) is 2.04. The molecule has 0 bridgehead atoms. The first kappa shape index (κ1) is 11.0. The Morgan fingerprint density at radius 2 is 2.23 bits per heavy atom. The Hall–Kier alpha value is -0.120. The minimum absolute atomic E-state index is 0.228. The first-order valence-electron chi connectivity index (χ1n) is 5.06. The molecule has 1 unspecified atom stereocenters. The van der Waals surface area contributed by atoms with Crippen LogP contribution in [-0.2, 0) is 9.47 Å². The second-order valence-electron chi connectivity index (χ2n) is 4.49. The maximum atomic E-state index is 5.79. The van der Waals surface area contributed by atoms with Crippen molar-refractivity contribution in [3.8, 4) is 0 Å². The number of hydrogen-bond acceptors (Lipinski definition) is 3. The molecule has 1 atom stereocenters. The molecule has 3 heteroatoms. The van der Waals surface area contributed by atoms with Gasteiger partial charge in [-0.25, -0.2) is 0 Å². The quantitative estimate of drug-likeness (QED) is 0.721. The maximum absolute atomic E-state index is 5.79. The van der Waals surface area contributed by atoms with E-state index in [2.05, 4.69) is 0 Å². The van der Waals surface area contributed by atoms with Crippen molar-refractivity contribution in [3.63, 3.8) is 0 Å². The Bertz CT molecular complexity index is 136. The van der Waals surface area contributed by atoms with E-state index in [0.29, 0.717) is 19.3 Å². The van der Waals surface area contributed by atoms with Gasteiger partial charge in [-0.15, -0.1) is 0 Å². The van der Waals surface area contributed by atoms with E-state index in [9.17, 15) is 0 Å². The lowest BCUT2D eigenvalue weighted by Gasteiger charge is -2.24. The van der Waals surface area contributed by atoms with Crippen molar-refractivity contribution in [2.45, 2.75) is 44.8 Å². The smallest absolute Gasteiger partial charge is 0.0808 e. The normalized spacial score (nSPS) is 24.7. The molecule has 1 fully saturated rings. The topological polar surface area (TPSA) is 44.5 Å². The Morgan fingerprint density at radius 3 is 2.77 bits per heavy atom. The van der Waals surface area contributed by atoms with E-state index in [4.69, 9.17) is 15.2 Å². The highest BCUT2D eigenvalue weighted by Gasteiger charge is 2.16. The summed E-state index contributed by atoms with van der Waals surface area (Å²) in [7, 11) is 0. The molecule has 1 heterocycles. The lowest BCUT2D eigenvalue weighted by molar-refractivity contribution is -0.0470. The number of rotatable bonds is 4. The van der Waals surface area contributed by atoms with Crippen molar-refractivity contribution >= 4 is 0 Å². The van der Waals surface area contributed by atoms with Crippen LogP contribution in [0.4, 0.5) is 0 Å². The van der Waals surface area contributed by atoms with Gasteiger partial charge in [0, 0.05) is 12.1 Å². The Morgan fingerprint density at radius 1 is 1.46 bits per heavy atom. The van der Waals surface area contributed by atoms with Crippen LogP contribution in [0, 0.1) is 0 Å². The van der Waals surface area contributed by atoms with Crippen LogP contribution in [0.2, 0.25) is 0 Å². The van der Waals surface area contributed by atoms with Gasteiger partial charge in [0.25, 0.3) is 0 Å². The van der Waals surface area contributed by atoms with Gasteiger partial charge < -0.3 is 15.2 Å². The summed E-state index contributed by atoms with van der Waals surface area (Å²) < 4.78 is 11.0. The first-order chi connectivity index (χ1) is 6.08. The molecular formula is C10H21NO2. The average molecular weight is 187 g/mol. The van der Waals surface area contributed by atoms with Gasteiger partial charge in [0.15, 0.2) is 0 Å². The molecule has 0 amide bonds. The van der Waals surface area contributed by atoms with Crippen LogP contribution >= 0.6 is 0 Å². The molecule has 13 heavy (non-hydrogen) atoms. The minimum Gasteiger partial charge on any atom is -0.377 e. The molecule has 3 nitrogen and oxygen atoms in total. The van der Waals surface area contributed by atoms with E-state index in [0.717, 1.165) is 13.0 Å². The van der Waals surface area contributed by atoms with Gasteiger partial charge in [-0.2, -0.15) is 0 Å². The Balaban J connectivity index is 2.04. The second-order valence-corrected chi connectivity index (χ2v) is 4.49. The van der Waals surface area contributed by atoms with Crippen molar-refractivity contribution in [2.24, 2.45) is 5.73 Å². The summed E-state index contributed by atoms with van der Waals surface area (Å²) in [5.74, 6) is 0. The molecule has 0 aromatic rings. The fourth-order valence-corrected chi connectivity index (χ4v) is 1.39. The molecule has 0 radical (unpaired) electrons. The maximum Gasteiger partial charge on any atom is 0.0808 e. The summed E-state index contributed by atoms with van der Waals surface area (Å²) in [5, 5.41) is 0. The SMILES string of the molecule is CC(C)(N)COCC1CCCCO1. The minimum atomic E-state index is -0.228. The van der Waals surface area contributed by atoms with Crippen molar-refractivity contribution in [1.82, 2.24) is 0 Å². The third-order valence-electron chi connectivity index (χ3n) is 2.05. The van der Waals surface area contributed by atoms with E-state index in [1.807, 2.05) is 13.8 Å². The van der Waals surface area contributed by atoms with Crippen LogP contribution in [-0.4, -0.2) is 31.5 Å². The van der Waals surface area contributed by atoms with Crippen molar-refractivity contribution in [3.05, 3.63) is 0 Å².